The van der Waals surface area contributed by atoms with Crippen LogP contribution in [0.2, 0.25) is 5.02 Å². The van der Waals surface area contributed by atoms with E-state index in [-0.39, 0.29) is 5.91 Å². The van der Waals surface area contributed by atoms with Crippen molar-refractivity contribution in [1.82, 2.24) is 10.2 Å². The van der Waals surface area contributed by atoms with Gasteiger partial charge in [0.25, 0.3) is 5.91 Å². The average Bonchev–Trinajstić information content (AvgIpc) is 3.20. The number of amides is 1. The van der Waals surface area contributed by atoms with E-state index >= 15 is 0 Å². The van der Waals surface area contributed by atoms with Gasteiger partial charge in [-0.2, -0.15) is 0 Å². The molecular formula is C20H17BrClN3O4S. The van der Waals surface area contributed by atoms with Gasteiger partial charge in [0.15, 0.2) is 11.5 Å². The summed E-state index contributed by atoms with van der Waals surface area (Å²) < 4.78 is 16.9. The van der Waals surface area contributed by atoms with Crippen LogP contribution in [0.1, 0.15) is 20.9 Å². The summed E-state index contributed by atoms with van der Waals surface area (Å²) in [5, 5.41) is 12.4. The summed E-state index contributed by atoms with van der Waals surface area (Å²) >= 11 is 10.6. The first kappa shape index (κ1) is 22.1. The monoisotopic (exact) mass is 509 g/mol. The van der Waals surface area contributed by atoms with Crippen LogP contribution in [0.25, 0.3) is 12.2 Å². The van der Waals surface area contributed by atoms with Crippen LogP contribution in [0.5, 0.6) is 17.2 Å². The number of aromatic nitrogens is 2. The van der Waals surface area contributed by atoms with Gasteiger partial charge in [-0.3, -0.25) is 10.1 Å². The van der Waals surface area contributed by atoms with Gasteiger partial charge >= 0.3 is 0 Å². The first-order valence-corrected chi connectivity index (χ1v) is 10.5. The second-order valence-corrected chi connectivity index (χ2v) is 8.03. The third-order valence-corrected chi connectivity index (χ3v) is 5.84. The fraction of sp³-hybridized carbons (Fsp3) is 0.150. The van der Waals surface area contributed by atoms with Crippen molar-refractivity contribution < 1.29 is 19.0 Å². The fourth-order valence-electron chi connectivity index (χ4n) is 2.55. The molecule has 0 atom stereocenters. The first-order chi connectivity index (χ1) is 14.5. The Balaban J connectivity index is 1.79. The standard InChI is InChI=1S/C20H17BrClN3O4S/c1-27-14-10-12(16(21)18(29-3)17(14)28-2)6-9-15-24-25-20(30-15)23-19(26)11-4-7-13(22)8-5-11/h4-10H,1-3H3,(H,23,25,26)/b9-6+. The van der Waals surface area contributed by atoms with E-state index in [0.717, 1.165) is 5.56 Å². The van der Waals surface area contributed by atoms with Crippen molar-refractivity contribution in [2.75, 3.05) is 26.6 Å². The van der Waals surface area contributed by atoms with Crippen LogP contribution in [0.15, 0.2) is 34.8 Å². The van der Waals surface area contributed by atoms with Crippen molar-refractivity contribution in [2.24, 2.45) is 0 Å². The molecule has 0 unspecified atom stereocenters. The Bertz CT molecular complexity index is 1090. The molecule has 0 saturated carbocycles. The van der Waals surface area contributed by atoms with Crippen molar-refractivity contribution in [3.8, 4) is 17.2 Å². The lowest BCUT2D eigenvalue weighted by Gasteiger charge is -2.15. The van der Waals surface area contributed by atoms with Gasteiger partial charge < -0.3 is 14.2 Å². The molecule has 0 saturated heterocycles. The Kier molecular flexibility index (Phi) is 7.30. The summed E-state index contributed by atoms with van der Waals surface area (Å²) in [4.78, 5) is 12.3. The van der Waals surface area contributed by atoms with Gasteiger partial charge in [-0.05, 0) is 57.9 Å². The molecule has 156 valence electrons. The number of halogens is 2. The predicted molar refractivity (Wildman–Crippen MR) is 122 cm³/mol. The summed E-state index contributed by atoms with van der Waals surface area (Å²) in [5.41, 5.74) is 1.28. The van der Waals surface area contributed by atoms with Crippen LogP contribution >= 0.6 is 38.9 Å². The SMILES string of the molecule is COc1cc(/C=C/c2nnc(NC(=O)c3ccc(Cl)cc3)s2)c(Br)c(OC)c1OC. The number of methoxy groups -OCH3 is 3. The second kappa shape index (κ2) is 9.92. The number of anilines is 1. The largest absolute Gasteiger partial charge is 0.493 e. The fourth-order valence-corrected chi connectivity index (χ4v) is 3.90. The van der Waals surface area contributed by atoms with E-state index in [4.69, 9.17) is 25.8 Å². The number of rotatable bonds is 7. The number of benzene rings is 2. The Morgan fingerprint density at radius 1 is 1.07 bits per heavy atom. The molecule has 0 aliphatic carbocycles. The third kappa shape index (κ3) is 4.92. The van der Waals surface area contributed by atoms with E-state index in [0.29, 0.717) is 42.4 Å². The smallest absolute Gasteiger partial charge is 0.257 e. The third-order valence-electron chi connectivity index (χ3n) is 3.97. The molecule has 1 N–H and O–H groups in total. The average molecular weight is 511 g/mol. The summed E-state index contributed by atoms with van der Waals surface area (Å²) in [6, 6.07) is 8.40. The second-order valence-electron chi connectivity index (χ2n) is 5.79. The highest BCUT2D eigenvalue weighted by molar-refractivity contribution is 9.10. The van der Waals surface area contributed by atoms with Crippen LogP contribution in [0, 0.1) is 0 Å². The van der Waals surface area contributed by atoms with Crippen molar-refractivity contribution in [2.45, 2.75) is 0 Å². The maximum Gasteiger partial charge on any atom is 0.257 e. The van der Waals surface area contributed by atoms with Gasteiger partial charge in [0, 0.05) is 10.6 Å². The van der Waals surface area contributed by atoms with Gasteiger partial charge in [0.05, 0.1) is 25.8 Å². The summed E-state index contributed by atoms with van der Waals surface area (Å²) in [6.45, 7) is 0. The summed E-state index contributed by atoms with van der Waals surface area (Å²) in [7, 11) is 4.65. The molecule has 10 heteroatoms. The zero-order chi connectivity index (χ0) is 21.7. The molecule has 3 aromatic rings. The highest BCUT2D eigenvalue weighted by atomic mass is 79.9. The van der Waals surface area contributed by atoms with Gasteiger partial charge in [0.2, 0.25) is 10.9 Å². The number of hydrogen-bond acceptors (Lipinski definition) is 7. The zero-order valence-electron chi connectivity index (χ0n) is 16.2. The summed E-state index contributed by atoms with van der Waals surface area (Å²) in [5.74, 6) is 1.26. The van der Waals surface area contributed by atoms with Crippen LogP contribution in [-0.2, 0) is 0 Å². The van der Waals surface area contributed by atoms with E-state index in [1.165, 1.54) is 11.3 Å². The molecule has 1 aromatic heterocycles. The number of carbonyl (C=O) groups excluding carboxylic acids is 1. The first-order valence-electron chi connectivity index (χ1n) is 8.53. The van der Waals surface area contributed by atoms with Crippen LogP contribution < -0.4 is 19.5 Å². The molecule has 0 bridgehead atoms. The minimum Gasteiger partial charge on any atom is -0.493 e. The molecule has 2 aromatic carbocycles. The molecule has 7 nitrogen and oxygen atoms in total. The quantitative estimate of drug-likeness (QED) is 0.458. The normalized spacial score (nSPS) is 10.8. The Morgan fingerprint density at radius 2 is 1.77 bits per heavy atom. The molecule has 0 spiro atoms. The number of hydrogen-bond donors (Lipinski definition) is 1. The Hall–Kier alpha value is -2.62. The van der Waals surface area contributed by atoms with Gasteiger partial charge in [-0.1, -0.05) is 29.0 Å². The van der Waals surface area contributed by atoms with Crippen molar-refractivity contribution in [1.29, 1.82) is 0 Å². The molecule has 30 heavy (non-hydrogen) atoms. The van der Waals surface area contributed by atoms with Crippen LogP contribution in [-0.4, -0.2) is 37.4 Å². The summed E-state index contributed by atoms with van der Waals surface area (Å²) in [6.07, 6.45) is 3.61. The molecule has 1 amide bonds. The topological polar surface area (TPSA) is 82.6 Å². The van der Waals surface area contributed by atoms with Gasteiger partial charge in [0.1, 0.15) is 5.01 Å². The van der Waals surface area contributed by atoms with Gasteiger partial charge in [-0.25, -0.2) is 0 Å². The Labute approximate surface area is 190 Å². The molecule has 3 rings (SSSR count). The van der Waals surface area contributed by atoms with Gasteiger partial charge in [-0.15, -0.1) is 10.2 Å². The minimum absolute atomic E-state index is 0.286. The predicted octanol–water partition coefficient (Wildman–Crippen LogP) is 5.40. The highest BCUT2D eigenvalue weighted by Crippen LogP contribution is 2.45. The van der Waals surface area contributed by atoms with Crippen LogP contribution in [0.4, 0.5) is 5.13 Å². The van der Waals surface area contributed by atoms with Crippen molar-refractivity contribution in [3.63, 3.8) is 0 Å². The molecular weight excluding hydrogens is 494 g/mol. The Morgan fingerprint density at radius 3 is 2.40 bits per heavy atom. The minimum atomic E-state index is -0.286. The molecule has 0 radical (unpaired) electrons. The lowest BCUT2D eigenvalue weighted by atomic mass is 10.1. The zero-order valence-corrected chi connectivity index (χ0v) is 19.4. The number of carbonyl (C=O) groups is 1. The molecule has 0 aliphatic heterocycles. The van der Waals surface area contributed by atoms with E-state index in [2.05, 4.69) is 31.4 Å². The van der Waals surface area contributed by atoms with E-state index < -0.39 is 0 Å². The number of nitrogens with one attached hydrogen (secondary N) is 1. The number of ether oxygens (including phenoxy) is 3. The van der Waals surface area contributed by atoms with E-state index in [1.54, 1.807) is 51.7 Å². The van der Waals surface area contributed by atoms with E-state index in [1.807, 2.05) is 12.1 Å². The molecule has 1 heterocycles. The lowest BCUT2D eigenvalue weighted by Crippen LogP contribution is -2.11. The van der Waals surface area contributed by atoms with E-state index in [9.17, 15) is 4.79 Å². The van der Waals surface area contributed by atoms with Crippen molar-refractivity contribution in [3.05, 3.63) is 56.0 Å². The molecule has 0 aliphatic rings. The maximum absolute atomic E-state index is 12.3. The number of nitrogens with zero attached hydrogens (tertiary/aromatic N) is 2. The van der Waals surface area contributed by atoms with Crippen molar-refractivity contribution >= 4 is 62.1 Å². The highest BCUT2D eigenvalue weighted by Gasteiger charge is 2.18. The molecule has 0 fully saturated rings. The van der Waals surface area contributed by atoms with Crippen LogP contribution in [0.3, 0.4) is 0 Å². The lowest BCUT2D eigenvalue weighted by molar-refractivity contribution is 0.102. The maximum atomic E-state index is 12.3.